The van der Waals surface area contributed by atoms with Crippen LogP contribution in [-0.4, -0.2) is 24.5 Å². The summed E-state index contributed by atoms with van der Waals surface area (Å²) in [6, 6.07) is 4.44. The van der Waals surface area contributed by atoms with Gasteiger partial charge in [-0.25, -0.2) is 0 Å². The monoisotopic (exact) mass is 257 g/mol. The van der Waals surface area contributed by atoms with E-state index in [0.717, 1.165) is 19.6 Å². The maximum absolute atomic E-state index is 3.34. The minimum absolute atomic E-state index is 0.883. The highest BCUT2D eigenvalue weighted by atomic mass is 15.1. The van der Waals surface area contributed by atoms with Crippen molar-refractivity contribution < 1.29 is 0 Å². The molecule has 0 aromatic heterocycles. The molecule has 0 bridgehead atoms. The van der Waals surface area contributed by atoms with E-state index in [0.29, 0.717) is 0 Å². The summed E-state index contributed by atoms with van der Waals surface area (Å²) in [4.78, 5) is 2.43. The molecule has 19 heavy (non-hydrogen) atoms. The largest absolute Gasteiger partial charge is 0.292 e. The Balaban J connectivity index is 2.74. The van der Waals surface area contributed by atoms with Crippen LogP contribution in [0.15, 0.2) is 12.1 Å². The van der Waals surface area contributed by atoms with Crippen LogP contribution in [0.1, 0.15) is 48.9 Å². The molecular weight excluding hydrogens is 230 g/mol. The molecule has 0 aliphatic carbocycles. The molecule has 0 saturated heterocycles. The molecule has 0 aliphatic rings. The van der Waals surface area contributed by atoms with E-state index in [-0.39, 0.29) is 0 Å². The fourth-order valence-electron chi connectivity index (χ4n) is 2.24. The fraction of sp³-hybridized carbons (Fsp3) is 0.556. The van der Waals surface area contributed by atoms with Crippen molar-refractivity contribution in [3.63, 3.8) is 0 Å². The molecule has 1 rings (SSSR count). The van der Waals surface area contributed by atoms with Crippen LogP contribution in [0.3, 0.4) is 0 Å². The Labute approximate surface area is 119 Å². The Bertz CT molecular complexity index is 457. The molecule has 1 aromatic carbocycles. The molecule has 1 aromatic rings. The van der Waals surface area contributed by atoms with E-state index in [1.807, 2.05) is 0 Å². The first kappa shape index (κ1) is 15.8. The Morgan fingerprint density at radius 3 is 2.05 bits per heavy atom. The lowest BCUT2D eigenvalue weighted by molar-refractivity contribution is 0.308. The number of rotatable bonds is 5. The highest BCUT2D eigenvalue weighted by molar-refractivity contribution is 5.46. The normalized spacial score (nSPS) is 10.4. The van der Waals surface area contributed by atoms with Gasteiger partial charge >= 0.3 is 0 Å². The second-order valence-corrected chi connectivity index (χ2v) is 5.33. The highest BCUT2D eigenvalue weighted by Crippen LogP contribution is 2.14. The third-order valence-corrected chi connectivity index (χ3v) is 3.45. The zero-order valence-corrected chi connectivity index (χ0v) is 13.1. The summed E-state index contributed by atoms with van der Waals surface area (Å²) >= 11 is 0. The molecule has 0 N–H and O–H groups in total. The van der Waals surface area contributed by atoms with Crippen LogP contribution in [0.2, 0.25) is 0 Å². The summed E-state index contributed by atoms with van der Waals surface area (Å²) in [7, 11) is 0. The van der Waals surface area contributed by atoms with E-state index >= 15 is 0 Å². The molecular formula is C18H27N. The smallest absolute Gasteiger partial charge is 0.0605 e. The number of hydrogen-bond acceptors (Lipinski definition) is 1. The molecule has 0 atom stereocenters. The van der Waals surface area contributed by atoms with Crippen LogP contribution in [-0.2, 0) is 0 Å². The van der Waals surface area contributed by atoms with Crippen LogP contribution in [0.25, 0.3) is 0 Å². The van der Waals surface area contributed by atoms with Crippen LogP contribution in [0, 0.1) is 32.6 Å². The molecule has 0 aliphatic heterocycles. The first-order chi connectivity index (χ1) is 9.08. The van der Waals surface area contributed by atoms with E-state index in [9.17, 15) is 0 Å². The van der Waals surface area contributed by atoms with Gasteiger partial charge in [0, 0.05) is 5.56 Å². The van der Waals surface area contributed by atoms with Gasteiger partial charge in [-0.3, -0.25) is 4.90 Å². The SMILES string of the molecule is CCCN(CC#Cc1cc(C)c(C)cc1C)CCC. The molecule has 0 saturated carbocycles. The molecule has 1 nitrogen and oxygen atoms in total. The van der Waals surface area contributed by atoms with Gasteiger partial charge in [-0.15, -0.1) is 0 Å². The van der Waals surface area contributed by atoms with E-state index < -0.39 is 0 Å². The summed E-state index contributed by atoms with van der Waals surface area (Å²) in [5, 5.41) is 0. The number of aryl methyl sites for hydroxylation is 3. The van der Waals surface area contributed by atoms with E-state index in [1.165, 1.54) is 35.1 Å². The van der Waals surface area contributed by atoms with Gasteiger partial charge in [-0.05, 0) is 69.5 Å². The molecule has 0 unspecified atom stereocenters. The van der Waals surface area contributed by atoms with Gasteiger partial charge in [0.1, 0.15) is 0 Å². The first-order valence-electron chi connectivity index (χ1n) is 7.37. The average Bonchev–Trinajstić information content (AvgIpc) is 2.36. The topological polar surface area (TPSA) is 3.24 Å². The first-order valence-corrected chi connectivity index (χ1v) is 7.37. The standard InChI is InChI=1S/C18H27N/c1-6-10-19(11-7-2)12-8-9-18-14-16(4)15(3)13-17(18)5/h13-14H,6-7,10-12H2,1-5H3. The van der Waals surface area contributed by atoms with E-state index in [4.69, 9.17) is 0 Å². The van der Waals surface area contributed by atoms with Gasteiger partial charge < -0.3 is 0 Å². The van der Waals surface area contributed by atoms with Crippen LogP contribution >= 0.6 is 0 Å². The van der Waals surface area contributed by atoms with Gasteiger partial charge in [0.25, 0.3) is 0 Å². The molecule has 0 heterocycles. The quantitative estimate of drug-likeness (QED) is 0.718. The lowest BCUT2D eigenvalue weighted by Gasteiger charge is -2.17. The van der Waals surface area contributed by atoms with E-state index in [2.05, 4.69) is 63.5 Å². The second-order valence-electron chi connectivity index (χ2n) is 5.33. The van der Waals surface area contributed by atoms with Crippen molar-refractivity contribution in [2.45, 2.75) is 47.5 Å². The third kappa shape index (κ3) is 5.09. The Morgan fingerprint density at radius 2 is 1.47 bits per heavy atom. The van der Waals surface area contributed by atoms with Gasteiger partial charge in [0.2, 0.25) is 0 Å². The molecule has 0 amide bonds. The molecule has 0 radical (unpaired) electrons. The minimum Gasteiger partial charge on any atom is -0.292 e. The van der Waals surface area contributed by atoms with Gasteiger partial charge in [0.05, 0.1) is 6.54 Å². The van der Waals surface area contributed by atoms with Crippen molar-refractivity contribution in [3.8, 4) is 11.8 Å². The molecule has 0 fully saturated rings. The Morgan fingerprint density at radius 1 is 0.895 bits per heavy atom. The molecule has 0 spiro atoms. The lowest BCUT2D eigenvalue weighted by Crippen LogP contribution is -2.25. The average molecular weight is 257 g/mol. The zero-order chi connectivity index (χ0) is 14.3. The molecule has 104 valence electrons. The van der Waals surface area contributed by atoms with Crippen molar-refractivity contribution >= 4 is 0 Å². The highest BCUT2D eigenvalue weighted by Gasteiger charge is 2.00. The Hall–Kier alpha value is -1.26. The summed E-state index contributed by atoms with van der Waals surface area (Å²) in [5.74, 6) is 6.67. The van der Waals surface area contributed by atoms with Crippen molar-refractivity contribution in [1.82, 2.24) is 4.90 Å². The minimum atomic E-state index is 0.883. The second kappa shape index (κ2) is 8.02. The van der Waals surface area contributed by atoms with Crippen LogP contribution in [0.5, 0.6) is 0 Å². The van der Waals surface area contributed by atoms with Crippen molar-refractivity contribution in [3.05, 3.63) is 34.4 Å². The summed E-state index contributed by atoms with van der Waals surface area (Å²) < 4.78 is 0. The summed E-state index contributed by atoms with van der Waals surface area (Å²) in [6.07, 6.45) is 2.40. The van der Waals surface area contributed by atoms with Crippen LogP contribution < -0.4 is 0 Å². The zero-order valence-electron chi connectivity index (χ0n) is 13.1. The van der Waals surface area contributed by atoms with E-state index in [1.54, 1.807) is 0 Å². The number of nitrogens with zero attached hydrogens (tertiary/aromatic N) is 1. The number of hydrogen-bond donors (Lipinski definition) is 0. The molecule has 1 heteroatoms. The maximum atomic E-state index is 3.34. The van der Waals surface area contributed by atoms with Gasteiger partial charge in [0.15, 0.2) is 0 Å². The van der Waals surface area contributed by atoms with Crippen LogP contribution in [0.4, 0.5) is 0 Å². The van der Waals surface area contributed by atoms with Crippen molar-refractivity contribution in [1.29, 1.82) is 0 Å². The summed E-state index contributed by atoms with van der Waals surface area (Å²) in [6.45, 7) is 14.1. The van der Waals surface area contributed by atoms with Crippen molar-refractivity contribution in [2.24, 2.45) is 0 Å². The fourth-order valence-corrected chi connectivity index (χ4v) is 2.24. The Kier molecular flexibility index (Phi) is 6.67. The lowest BCUT2D eigenvalue weighted by atomic mass is 10.0. The van der Waals surface area contributed by atoms with Gasteiger partial charge in [-0.1, -0.05) is 31.8 Å². The predicted octanol–water partition coefficient (Wildman–Crippen LogP) is 4.09. The number of benzene rings is 1. The third-order valence-electron chi connectivity index (χ3n) is 3.45. The predicted molar refractivity (Wildman–Crippen MR) is 84.6 cm³/mol. The van der Waals surface area contributed by atoms with Gasteiger partial charge in [-0.2, -0.15) is 0 Å². The maximum Gasteiger partial charge on any atom is 0.0605 e. The summed E-state index contributed by atoms with van der Waals surface area (Å²) in [5.41, 5.74) is 5.14. The van der Waals surface area contributed by atoms with Crippen molar-refractivity contribution in [2.75, 3.05) is 19.6 Å².